The van der Waals surface area contributed by atoms with Gasteiger partial charge in [0.15, 0.2) is 0 Å². The Hall–Kier alpha value is 0.210. The van der Waals surface area contributed by atoms with Gasteiger partial charge in [-0.1, -0.05) is 0 Å². The maximum atomic E-state index is 10.6. The van der Waals surface area contributed by atoms with Crippen molar-refractivity contribution in [3.05, 3.63) is 0 Å². The molecule has 0 saturated heterocycles. The van der Waals surface area contributed by atoms with Gasteiger partial charge in [-0.3, -0.25) is 0 Å². The van der Waals surface area contributed by atoms with Gasteiger partial charge in [-0.25, -0.2) is 0 Å². The van der Waals surface area contributed by atoms with E-state index in [1.807, 2.05) is 0 Å². The van der Waals surface area contributed by atoms with Crippen molar-refractivity contribution in [2.24, 2.45) is 0 Å². The van der Waals surface area contributed by atoms with Crippen molar-refractivity contribution >= 4 is 24.6 Å². The van der Waals surface area contributed by atoms with Crippen LogP contribution in [-0.2, 0) is 18.9 Å². The summed E-state index contributed by atoms with van der Waals surface area (Å²) in [7, 11) is -9.70. The van der Waals surface area contributed by atoms with E-state index in [4.69, 9.17) is 14.7 Å². The van der Waals surface area contributed by atoms with Crippen LogP contribution in [0.1, 0.15) is 0 Å². The van der Waals surface area contributed by atoms with Gasteiger partial charge in [0.25, 0.3) is 0 Å². The fraction of sp³-hybridized carbons (Fsp3) is 1.00. The average Bonchev–Trinajstić information content (AvgIpc) is 1.55. The standard InChI is InChI=1S/C2H9O7PS2/c1-11(6,7)10(3,4,5)12(2,8)9/h3-5H,1-2H3. The van der Waals surface area contributed by atoms with E-state index >= 15 is 0 Å². The summed E-state index contributed by atoms with van der Waals surface area (Å²) in [5.41, 5.74) is -6.63. The van der Waals surface area contributed by atoms with Gasteiger partial charge in [0.1, 0.15) is 0 Å². The van der Waals surface area contributed by atoms with Crippen LogP contribution >= 0.6 is 5.69 Å². The van der Waals surface area contributed by atoms with E-state index in [0.717, 1.165) is 0 Å². The Morgan fingerprint density at radius 3 is 1.00 bits per heavy atom. The number of rotatable bonds is 2. The van der Waals surface area contributed by atoms with Gasteiger partial charge < -0.3 is 0 Å². The van der Waals surface area contributed by atoms with Crippen molar-refractivity contribution < 1.29 is 31.5 Å². The first-order valence-electron chi connectivity index (χ1n) is 2.45. The van der Waals surface area contributed by atoms with Crippen LogP contribution in [0, 0.1) is 0 Å². The van der Waals surface area contributed by atoms with Crippen LogP contribution in [0.4, 0.5) is 0 Å². The molecule has 0 spiro atoms. The zero-order valence-corrected chi connectivity index (χ0v) is 8.77. The summed E-state index contributed by atoms with van der Waals surface area (Å²) >= 11 is 0. The van der Waals surface area contributed by atoms with Crippen LogP contribution in [-0.4, -0.2) is 44.0 Å². The van der Waals surface area contributed by atoms with Crippen LogP contribution in [0.2, 0.25) is 0 Å². The molecule has 10 heteroatoms. The molecule has 0 aliphatic carbocycles. The summed E-state index contributed by atoms with van der Waals surface area (Å²) in [6.45, 7) is 0. The molecule has 12 heavy (non-hydrogen) atoms. The van der Waals surface area contributed by atoms with E-state index in [1.54, 1.807) is 0 Å². The number of hydrogen-bond donors (Lipinski definition) is 3. The van der Waals surface area contributed by atoms with Crippen molar-refractivity contribution in [1.29, 1.82) is 0 Å². The summed E-state index contributed by atoms with van der Waals surface area (Å²) in [5, 5.41) is 0. The third-order valence-corrected chi connectivity index (χ3v) is 15.3. The Morgan fingerprint density at radius 1 is 0.833 bits per heavy atom. The van der Waals surface area contributed by atoms with E-state index in [9.17, 15) is 16.8 Å². The monoisotopic (exact) mass is 240 g/mol. The predicted molar refractivity (Wildman–Crippen MR) is 43.3 cm³/mol. The van der Waals surface area contributed by atoms with Crippen molar-refractivity contribution in [1.82, 2.24) is 0 Å². The van der Waals surface area contributed by atoms with E-state index in [2.05, 4.69) is 0 Å². The maximum absolute atomic E-state index is 10.6. The Morgan fingerprint density at radius 2 is 1.00 bits per heavy atom. The Kier molecular flexibility index (Phi) is 2.41. The zero-order chi connectivity index (χ0) is 10.4. The molecule has 0 fully saturated rings. The Labute approximate surface area is 69.2 Å². The molecule has 0 rings (SSSR count). The predicted octanol–water partition coefficient (Wildman–Crippen LogP) is -1.82. The van der Waals surface area contributed by atoms with Crippen LogP contribution in [0.15, 0.2) is 0 Å². The second-order valence-corrected chi connectivity index (χ2v) is 15.6. The Balaban J connectivity index is 6.01. The van der Waals surface area contributed by atoms with Gasteiger partial charge >= 0.3 is 68.6 Å². The zero-order valence-electron chi connectivity index (χ0n) is 6.24. The third kappa shape index (κ3) is 1.48. The summed E-state index contributed by atoms with van der Waals surface area (Å²) < 4.78 is 42.2. The van der Waals surface area contributed by atoms with Crippen LogP contribution in [0.5, 0.6) is 0 Å². The van der Waals surface area contributed by atoms with Crippen LogP contribution in [0.25, 0.3) is 0 Å². The summed E-state index contributed by atoms with van der Waals surface area (Å²) in [6.07, 6.45) is 0.456. The van der Waals surface area contributed by atoms with Gasteiger partial charge in [-0.05, 0) is 0 Å². The fourth-order valence-electron chi connectivity index (χ4n) is 0.246. The average molecular weight is 240 g/mol. The summed E-state index contributed by atoms with van der Waals surface area (Å²) in [4.78, 5) is 26.2. The molecule has 0 aromatic rings. The SMILES string of the molecule is CS(=O)(=O)P(O)(O)(O)S(C)(=O)=O. The van der Waals surface area contributed by atoms with Gasteiger partial charge in [-0.2, -0.15) is 0 Å². The second-order valence-electron chi connectivity index (χ2n) is 2.30. The molecule has 0 amide bonds. The van der Waals surface area contributed by atoms with Crippen molar-refractivity contribution in [2.45, 2.75) is 0 Å². The molecule has 0 radical (unpaired) electrons. The van der Waals surface area contributed by atoms with E-state index in [1.165, 1.54) is 0 Å². The van der Waals surface area contributed by atoms with Gasteiger partial charge in [0, 0.05) is 0 Å². The van der Waals surface area contributed by atoms with E-state index in [-0.39, 0.29) is 12.5 Å². The first-order chi connectivity index (χ1) is 4.79. The Bertz CT molecular complexity index is 343. The quantitative estimate of drug-likeness (QED) is 0.484. The first-order valence-corrected chi connectivity index (χ1v) is 9.54. The van der Waals surface area contributed by atoms with Gasteiger partial charge in [0.05, 0.1) is 0 Å². The molecule has 0 atom stereocenters. The normalized spacial score (nSPS) is 18.2. The molecule has 0 aromatic carbocycles. The molecule has 76 valence electrons. The molecule has 0 aliphatic rings. The molecule has 0 saturated carbocycles. The molecule has 7 nitrogen and oxygen atoms in total. The summed E-state index contributed by atoms with van der Waals surface area (Å²) in [6, 6.07) is 0. The molecule has 0 bridgehead atoms. The third-order valence-electron chi connectivity index (χ3n) is 1.16. The molecule has 0 aromatic heterocycles. The van der Waals surface area contributed by atoms with Crippen LogP contribution < -0.4 is 0 Å². The molecular weight excluding hydrogens is 231 g/mol. The minimum absolute atomic E-state index is 0.228. The van der Waals surface area contributed by atoms with E-state index < -0.39 is 24.6 Å². The van der Waals surface area contributed by atoms with Gasteiger partial charge in [-0.15, -0.1) is 0 Å². The topological polar surface area (TPSA) is 129 Å². The molecule has 0 aliphatic heterocycles. The molecule has 3 N–H and O–H groups in total. The van der Waals surface area contributed by atoms with Crippen molar-refractivity contribution in [3.8, 4) is 0 Å². The molecular formula is C2H9O7PS2. The molecule has 0 heterocycles. The van der Waals surface area contributed by atoms with Crippen molar-refractivity contribution in [2.75, 3.05) is 12.5 Å². The fourth-order valence-corrected chi connectivity index (χ4v) is 6.64. The van der Waals surface area contributed by atoms with Crippen LogP contribution in [0.3, 0.4) is 0 Å². The number of hydrogen-bond acceptors (Lipinski definition) is 7. The van der Waals surface area contributed by atoms with Crippen molar-refractivity contribution in [3.63, 3.8) is 0 Å². The molecule has 0 unspecified atom stereocenters. The first kappa shape index (κ1) is 12.2. The summed E-state index contributed by atoms with van der Waals surface area (Å²) in [5.74, 6) is 0. The van der Waals surface area contributed by atoms with Gasteiger partial charge in [0.2, 0.25) is 0 Å². The van der Waals surface area contributed by atoms with E-state index in [0.29, 0.717) is 0 Å². The minimum atomic E-state index is -6.63. The second kappa shape index (κ2) is 2.37.